The molecule has 0 aliphatic carbocycles. The largest absolute Gasteiger partial charge is 0.459 e. The van der Waals surface area contributed by atoms with E-state index in [9.17, 15) is 4.79 Å². The monoisotopic (exact) mass is 128 g/mol. The van der Waals surface area contributed by atoms with Gasteiger partial charge in [-0.15, -0.1) is 0 Å². The van der Waals surface area contributed by atoms with Gasteiger partial charge in [0.2, 0.25) is 0 Å². The fourth-order valence-electron chi connectivity index (χ4n) is 1.33. The molecule has 2 aliphatic rings. The summed E-state index contributed by atoms with van der Waals surface area (Å²) in [5.74, 6) is 0.297. The second-order valence-electron chi connectivity index (χ2n) is 2.53. The van der Waals surface area contributed by atoms with Crippen LogP contribution in [0.5, 0.6) is 0 Å². The van der Waals surface area contributed by atoms with Crippen LogP contribution >= 0.6 is 0 Å². The van der Waals surface area contributed by atoms with Gasteiger partial charge in [0.15, 0.2) is 0 Å². The van der Waals surface area contributed by atoms with Crippen molar-refractivity contribution >= 4 is 5.97 Å². The third-order valence-electron chi connectivity index (χ3n) is 1.85. The third kappa shape index (κ3) is 0.721. The van der Waals surface area contributed by atoms with Gasteiger partial charge in [0.05, 0.1) is 19.6 Å². The molecule has 0 aromatic carbocycles. The smallest absolute Gasteiger partial charge is 0.306 e. The Bertz CT molecular complexity index is 129. The van der Waals surface area contributed by atoms with E-state index in [4.69, 9.17) is 9.47 Å². The minimum Gasteiger partial charge on any atom is -0.459 e. The molecule has 2 heterocycles. The first kappa shape index (κ1) is 5.23. The number of hydrogen-bond acceptors (Lipinski definition) is 3. The van der Waals surface area contributed by atoms with Gasteiger partial charge in [-0.1, -0.05) is 0 Å². The first-order chi connectivity index (χ1) is 4.36. The normalized spacial score (nSPS) is 40.7. The Morgan fingerprint density at radius 1 is 1.44 bits per heavy atom. The van der Waals surface area contributed by atoms with Crippen LogP contribution in [-0.4, -0.2) is 25.3 Å². The highest BCUT2D eigenvalue weighted by atomic mass is 16.6. The highest BCUT2D eigenvalue weighted by Gasteiger charge is 2.38. The van der Waals surface area contributed by atoms with Crippen molar-refractivity contribution in [2.75, 3.05) is 13.2 Å². The minimum atomic E-state index is -0.0618. The maximum Gasteiger partial charge on any atom is 0.306 e. The fourth-order valence-corrected chi connectivity index (χ4v) is 1.33. The van der Waals surface area contributed by atoms with Crippen molar-refractivity contribution in [2.24, 2.45) is 5.92 Å². The van der Waals surface area contributed by atoms with Gasteiger partial charge in [0.1, 0.15) is 6.10 Å². The molecular weight excluding hydrogens is 120 g/mol. The molecule has 2 fully saturated rings. The zero-order valence-electron chi connectivity index (χ0n) is 5.00. The number of rotatable bonds is 0. The lowest BCUT2D eigenvalue weighted by Crippen LogP contribution is -2.12. The molecule has 2 atom stereocenters. The molecular formula is C6H8O3. The van der Waals surface area contributed by atoms with Gasteiger partial charge in [-0.2, -0.15) is 0 Å². The van der Waals surface area contributed by atoms with Crippen molar-refractivity contribution < 1.29 is 14.3 Å². The van der Waals surface area contributed by atoms with Gasteiger partial charge in [0, 0.05) is 5.92 Å². The van der Waals surface area contributed by atoms with Crippen molar-refractivity contribution in [1.29, 1.82) is 0 Å². The number of ether oxygens (including phenoxy) is 2. The second kappa shape index (κ2) is 1.70. The summed E-state index contributed by atoms with van der Waals surface area (Å²) in [6, 6.07) is 0. The van der Waals surface area contributed by atoms with Crippen molar-refractivity contribution in [3.8, 4) is 0 Å². The van der Waals surface area contributed by atoms with Crippen LogP contribution in [0, 0.1) is 5.92 Å². The Morgan fingerprint density at radius 2 is 2.33 bits per heavy atom. The summed E-state index contributed by atoms with van der Waals surface area (Å²) < 4.78 is 10.0. The second-order valence-corrected chi connectivity index (χ2v) is 2.53. The standard InChI is InChI=1S/C6H8O3/c7-6-1-4-2-8-3-5(4)9-6/h4-5H,1-3H2/t4-,5+/m1/s1. The van der Waals surface area contributed by atoms with Crippen LogP contribution in [0.2, 0.25) is 0 Å². The molecule has 0 bridgehead atoms. The molecule has 3 nitrogen and oxygen atoms in total. The molecule has 0 unspecified atom stereocenters. The fraction of sp³-hybridized carbons (Fsp3) is 0.833. The van der Waals surface area contributed by atoms with Crippen molar-refractivity contribution in [2.45, 2.75) is 12.5 Å². The summed E-state index contributed by atoms with van der Waals surface area (Å²) in [5, 5.41) is 0. The van der Waals surface area contributed by atoms with Crippen LogP contribution < -0.4 is 0 Å². The van der Waals surface area contributed by atoms with Crippen LogP contribution in [0.4, 0.5) is 0 Å². The molecule has 2 saturated heterocycles. The predicted molar refractivity (Wildman–Crippen MR) is 28.8 cm³/mol. The van der Waals surface area contributed by atoms with E-state index in [1.807, 2.05) is 0 Å². The molecule has 50 valence electrons. The molecule has 0 aromatic rings. The summed E-state index contributed by atoms with van der Waals surface area (Å²) in [5.41, 5.74) is 0. The lowest BCUT2D eigenvalue weighted by atomic mass is 10.1. The Balaban J connectivity index is 2.09. The Labute approximate surface area is 52.9 Å². The van der Waals surface area contributed by atoms with Crippen LogP contribution in [0.3, 0.4) is 0 Å². The van der Waals surface area contributed by atoms with E-state index < -0.39 is 0 Å². The van der Waals surface area contributed by atoms with Crippen LogP contribution in [-0.2, 0) is 14.3 Å². The molecule has 2 rings (SSSR count). The number of carbonyl (C=O) groups is 1. The topological polar surface area (TPSA) is 35.5 Å². The molecule has 0 saturated carbocycles. The summed E-state index contributed by atoms with van der Waals surface area (Å²) in [6.45, 7) is 1.31. The lowest BCUT2D eigenvalue weighted by molar-refractivity contribution is -0.142. The predicted octanol–water partition coefficient (Wildman–Crippen LogP) is -0.0517. The van der Waals surface area contributed by atoms with E-state index in [0.717, 1.165) is 0 Å². The first-order valence-electron chi connectivity index (χ1n) is 3.13. The van der Waals surface area contributed by atoms with Gasteiger partial charge >= 0.3 is 5.97 Å². The summed E-state index contributed by atoms with van der Waals surface area (Å²) in [4.78, 5) is 10.6. The summed E-state index contributed by atoms with van der Waals surface area (Å²) >= 11 is 0. The van der Waals surface area contributed by atoms with Gasteiger partial charge in [-0.25, -0.2) is 0 Å². The van der Waals surface area contributed by atoms with Crippen molar-refractivity contribution in [3.05, 3.63) is 0 Å². The zero-order valence-corrected chi connectivity index (χ0v) is 5.00. The highest BCUT2D eigenvalue weighted by Crippen LogP contribution is 2.27. The van der Waals surface area contributed by atoms with E-state index in [2.05, 4.69) is 0 Å². The lowest BCUT2D eigenvalue weighted by Gasteiger charge is -2.01. The minimum absolute atomic E-state index is 0.0618. The van der Waals surface area contributed by atoms with E-state index >= 15 is 0 Å². The van der Waals surface area contributed by atoms with Crippen LogP contribution in [0.15, 0.2) is 0 Å². The maximum absolute atomic E-state index is 10.6. The SMILES string of the molecule is O=C1C[C@@H]2COC[C@@H]2O1. The number of carbonyl (C=O) groups excluding carboxylic acids is 1. The number of fused-ring (bicyclic) bond motifs is 1. The highest BCUT2D eigenvalue weighted by molar-refractivity contribution is 5.72. The van der Waals surface area contributed by atoms with Crippen LogP contribution in [0.25, 0.3) is 0 Å². The van der Waals surface area contributed by atoms with Gasteiger partial charge in [-0.05, 0) is 0 Å². The molecule has 0 radical (unpaired) electrons. The summed E-state index contributed by atoms with van der Waals surface area (Å²) in [7, 11) is 0. The molecule has 0 spiro atoms. The number of hydrogen-bond donors (Lipinski definition) is 0. The molecule has 2 aliphatic heterocycles. The molecule has 3 heteroatoms. The van der Waals surface area contributed by atoms with Gasteiger partial charge < -0.3 is 9.47 Å². The molecule has 0 amide bonds. The van der Waals surface area contributed by atoms with Crippen LogP contribution in [0.1, 0.15) is 6.42 Å². The average Bonchev–Trinajstić information content (AvgIpc) is 2.22. The Kier molecular flexibility index (Phi) is 0.990. The zero-order chi connectivity index (χ0) is 6.27. The third-order valence-corrected chi connectivity index (χ3v) is 1.85. The molecule has 9 heavy (non-hydrogen) atoms. The van der Waals surface area contributed by atoms with E-state index in [1.165, 1.54) is 0 Å². The van der Waals surface area contributed by atoms with Gasteiger partial charge in [0.25, 0.3) is 0 Å². The van der Waals surface area contributed by atoms with E-state index in [1.54, 1.807) is 0 Å². The van der Waals surface area contributed by atoms with E-state index in [-0.39, 0.29) is 12.1 Å². The Morgan fingerprint density at radius 3 is 3.11 bits per heavy atom. The first-order valence-corrected chi connectivity index (χ1v) is 3.13. The average molecular weight is 128 g/mol. The Hall–Kier alpha value is -0.570. The maximum atomic E-state index is 10.6. The molecule has 0 N–H and O–H groups in total. The van der Waals surface area contributed by atoms with E-state index in [0.29, 0.717) is 25.6 Å². The quantitative estimate of drug-likeness (QED) is 0.429. The van der Waals surface area contributed by atoms with Crippen molar-refractivity contribution in [3.63, 3.8) is 0 Å². The molecule has 0 aromatic heterocycles. The van der Waals surface area contributed by atoms with Gasteiger partial charge in [-0.3, -0.25) is 4.79 Å². The van der Waals surface area contributed by atoms with Crippen molar-refractivity contribution in [1.82, 2.24) is 0 Å². The number of esters is 1. The summed E-state index contributed by atoms with van der Waals surface area (Å²) in [6.07, 6.45) is 0.641.